The van der Waals surface area contributed by atoms with Crippen LogP contribution in [0.2, 0.25) is 5.02 Å². The smallest absolute Gasteiger partial charge is 0.288 e. The number of aliphatic hydroxyl groups excluding tert-OH is 1. The second-order valence-corrected chi connectivity index (χ2v) is 5.65. The van der Waals surface area contributed by atoms with E-state index in [1.807, 2.05) is 6.92 Å². The van der Waals surface area contributed by atoms with Gasteiger partial charge in [-0.3, -0.25) is 10.1 Å². The number of halogens is 1. The molecule has 0 heterocycles. The van der Waals surface area contributed by atoms with E-state index in [1.165, 1.54) is 12.1 Å². The van der Waals surface area contributed by atoms with Gasteiger partial charge in [0.05, 0.1) is 11.5 Å². The Bertz CT molecular complexity index is 491. The molecule has 0 radical (unpaired) electrons. The summed E-state index contributed by atoms with van der Waals surface area (Å²) in [7, 11) is 0. The van der Waals surface area contributed by atoms with Crippen LogP contribution in [0.25, 0.3) is 0 Å². The molecule has 1 saturated carbocycles. The Morgan fingerprint density at radius 2 is 2.26 bits per heavy atom. The number of nitrogens with one attached hydrogen (secondary N) is 1. The van der Waals surface area contributed by atoms with Gasteiger partial charge in [0.2, 0.25) is 0 Å². The van der Waals surface area contributed by atoms with E-state index in [9.17, 15) is 15.2 Å². The van der Waals surface area contributed by atoms with Crippen molar-refractivity contribution in [2.45, 2.75) is 31.8 Å². The van der Waals surface area contributed by atoms with Crippen LogP contribution in [0.15, 0.2) is 18.2 Å². The lowest BCUT2D eigenvalue weighted by molar-refractivity contribution is -0.384. The van der Waals surface area contributed by atoms with Crippen LogP contribution < -0.4 is 5.32 Å². The predicted molar refractivity (Wildman–Crippen MR) is 73.2 cm³/mol. The second kappa shape index (κ2) is 5.45. The molecule has 6 heteroatoms. The first kappa shape index (κ1) is 14.2. The van der Waals surface area contributed by atoms with E-state index in [0.29, 0.717) is 12.5 Å². The minimum atomic E-state index is -0.488. The third-order valence-electron chi connectivity index (χ3n) is 3.71. The van der Waals surface area contributed by atoms with Crippen LogP contribution in [0, 0.1) is 16.0 Å². The van der Waals surface area contributed by atoms with Crippen LogP contribution in [-0.2, 0) is 6.54 Å². The largest absolute Gasteiger partial charge is 0.394 e. The molecule has 0 spiro atoms. The minimum absolute atomic E-state index is 0.0628. The van der Waals surface area contributed by atoms with Crippen LogP contribution in [-0.4, -0.2) is 22.2 Å². The quantitative estimate of drug-likeness (QED) is 0.622. The van der Waals surface area contributed by atoms with Crippen LogP contribution in [0.5, 0.6) is 0 Å². The molecule has 0 bridgehead atoms. The molecule has 1 aliphatic carbocycles. The summed E-state index contributed by atoms with van der Waals surface area (Å²) in [5.74, 6) is 0.486. The van der Waals surface area contributed by atoms with E-state index >= 15 is 0 Å². The van der Waals surface area contributed by atoms with Crippen molar-refractivity contribution in [1.82, 2.24) is 5.32 Å². The molecule has 0 aromatic heterocycles. The molecule has 5 nitrogen and oxygen atoms in total. The number of hydrogen-bond acceptors (Lipinski definition) is 4. The summed E-state index contributed by atoms with van der Waals surface area (Å²) >= 11 is 5.77. The number of rotatable bonds is 6. The number of benzene rings is 1. The van der Waals surface area contributed by atoms with Gasteiger partial charge in [0.25, 0.3) is 5.69 Å². The van der Waals surface area contributed by atoms with Gasteiger partial charge in [0.1, 0.15) is 5.02 Å². The molecule has 2 N–H and O–H groups in total. The molecule has 1 atom stereocenters. The highest BCUT2D eigenvalue weighted by Crippen LogP contribution is 2.39. The Balaban J connectivity index is 2.07. The zero-order valence-electron chi connectivity index (χ0n) is 10.7. The van der Waals surface area contributed by atoms with E-state index in [0.717, 1.165) is 18.4 Å². The Hall–Kier alpha value is -1.17. The Morgan fingerprint density at radius 1 is 1.58 bits per heavy atom. The number of hydrogen-bond donors (Lipinski definition) is 2. The summed E-state index contributed by atoms with van der Waals surface area (Å²) in [6.45, 7) is 2.52. The maximum Gasteiger partial charge on any atom is 0.288 e. The molecule has 2 rings (SSSR count). The van der Waals surface area contributed by atoms with Gasteiger partial charge in [-0.15, -0.1) is 0 Å². The molecule has 1 aromatic carbocycles. The number of aliphatic hydroxyl groups is 1. The monoisotopic (exact) mass is 284 g/mol. The van der Waals surface area contributed by atoms with Crippen molar-refractivity contribution >= 4 is 17.3 Å². The average molecular weight is 285 g/mol. The summed E-state index contributed by atoms with van der Waals surface area (Å²) in [6.07, 6.45) is 2.23. The van der Waals surface area contributed by atoms with E-state index in [2.05, 4.69) is 5.32 Å². The molecule has 0 saturated heterocycles. The van der Waals surface area contributed by atoms with Gasteiger partial charge in [-0.05, 0) is 37.3 Å². The molecule has 1 aromatic rings. The molecule has 104 valence electrons. The van der Waals surface area contributed by atoms with Crippen molar-refractivity contribution in [3.05, 3.63) is 38.9 Å². The van der Waals surface area contributed by atoms with Crippen molar-refractivity contribution in [2.24, 2.45) is 5.92 Å². The van der Waals surface area contributed by atoms with Crippen LogP contribution in [0.1, 0.15) is 25.3 Å². The Labute approximate surface area is 116 Å². The van der Waals surface area contributed by atoms with E-state index in [-0.39, 0.29) is 22.9 Å². The van der Waals surface area contributed by atoms with Crippen molar-refractivity contribution in [3.63, 3.8) is 0 Å². The lowest BCUT2D eigenvalue weighted by Crippen LogP contribution is -2.47. The van der Waals surface area contributed by atoms with Gasteiger partial charge in [-0.1, -0.05) is 17.7 Å². The lowest BCUT2D eigenvalue weighted by Gasteiger charge is -2.29. The summed E-state index contributed by atoms with van der Waals surface area (Å²) in [4.78, 5) is 10.3. The number of nitrogens with zero attached hydrogens (tertiary/aromatic N) is 1. The zero-order valence-corrected chi connectivity index (χ0v) is 11.5. The average Bonchev–Trinajstić information content (AvgIpc) is 3.21. The maximum atomic E-state index is 10.8. The fourth-order valence-corrected chi connectivity index (χ4v) is 2.35. The van der Waals surface area contributed by atoms with Crippen molar-refractivity contribution in [2.75, 3.05) is 6.61 Å². The molecule has 1 unspecified atom stereocenters. The minimum Gasteiger partial charge on any atom is -0.394 e. The van der Waals surface area contributed by atoms with E-state index < -0.39 is 4.92 Å². The zero-order chi connectivity index (χ0) is 14.0. The summed E-state index contributed by atoms with van der Waals surface area (Å²) < 4.78 is 0. The van der Waals surface area contributed by atoms with Gasteiger partial charge in [0, 0.05) is 18.2 Å². The highest BCUT2D eigenvalue weighted by Gasteiger charge is 2.40. The molecule has 0 aliphatic heterocycles. The molecule has 1 fully saturated rings. The maximum absolute atomic E-state index is 10.8. The summed E-state index contributed by atoms with van der Waals surface area (Å²) in [6, 6.07) is 4.76. The third-order valence-corrected chi connectivity index (χ3v) is 4.03. The van der Waals surface area contributed by atoms with Gasteiger partial charge in [-0.25, -0.2) is 0 Å². The van der Waals surface area contributed by atoms with Gasteiger partial charge in [-0.2, -0.15) is 0 Å². The fraction of sp³-hybridized carbons (Fsp3) is 0.538. The molecule has 1 aliphatic rings. The standard InChI is InChI=1S/C13H17ClN2O3/c1-13(8-17,10-3-4-10)15-7-9-2-5-11(14)12(6-9)16(18)19/h2,5-6,10,15,17H,3-4,7-8H2,1H3. The van der Waals surface area contributed by atoms with Crippen LogP contribution >= 0.6 is 11.6 Å². The third kappa shape index (κ3) is 3.23. The summed E-state index contributed by atoms with van der Waals surface area (Å²) in [5.41, 5.74) is 0.392. The van der Waals surface area contributed by atoms with Crippen molar-refractivity contribution < 1.29 is 10.0 Å². The molecule has 0 amide bonds. The van der Waals surface area contributed by atoms with Crippen molar-refractivity contribution in [1.29, 1.82) is 0 Å². The number of nitro groups is 1. The van der Waals surface area contributed by atoms with Crippen LogP contribution in [0.4, 0.5) is 5.69 Å². The second-order valence-electron chi connectivity index (χ2n) is 5.25. The summed E-state index contributed by atoms with van der Waals surface area (Å²) in [5, 5.41) is 23.7. The van der Waals surface area contributed by atoms with E-state index in [4.69, 9.17) is 11.6 Å². The Kier molecular flexibility index (Phi) is 4.08. The first-order chi connectivity index (χ1) is 8.96. The van der Waals surface area contributed by atoms with Crippen molar-refractivity contribution in [3.8, 4) is 0 Å². The number of nitro benzene ring substituents is 1. The van der Waals surface area contributed by atoms with Gasteiger partial charge in [0.15, 0.2) is 0 Å². The van der Waals surface area contributed by atoms with E-state index in [1.54, 1.807) is 6.07 Å². The fourth-order valence-electron chi connectivity index (χ4n) is 2.16. The van der Waals surface area contributed by atoms with Crippen LogP contribution in [0.3, 0.4) is 0 Å². The van der Waals surface area contributed by atoms with Gasteiger partial charge < -0.3 is 10.4 Å². The molecular weight excluding hydrogens is 268 g/mol. The highest BCUT2D eigenvalue weighted by molar-refractivity contribution is 6.32. The topological polar surface area (TPSA) is 75.4 Å². The SMILES string of the molecule is CC(CO)(NCc1ccc(Cl)c([N+](=O)[O-])c1)C1CC1. The normalized spacial score (nSPS) is 18.1. The predicted octanol–water partition coefficient (Wildman–Crippen LogP) is 2.50. The molecule has 19 heavy (non-hydrogen) atoms. The molecular formula is C13H17ClN2O3. The Morgan fingerprint density at radius 3 is 2.79 bits per heavy atom. The first-order valence-corrected chi connectivity index (χ1v) is 6.63. The first-order valence-electron chi connectivity index (χ1n) is 6.25. The van der Waals surface area contributed by atoms with Gasteiger partial charge >= 0.3 is 0 Å². The lowest BCUT2D eigenvalue weighted by atomic mass is 9.96. The highest BCUT2D eigenvalue weighted by atomic mass is 35.5.